The highest BCUT2D eigenvalue weighted by molar-refractivity contribution is 6.31. The van der Waals surface area contributed by atoms with E-state index in [1.807, 2.05) is 37.3 Å². The van der Waals surface area contributed by atoms with Gasteiger partial charge in [-0.1, -0.05) is 36.7 Å². The number of nitrogens with one attached hydrogen (secondary N) is 1. The van der Waals surface area contributed by atoms with Crippen molar-refractivity contribution in [3.8, 4) is 0 Å². The van der Waals surface area contributed by atoms with Gasteiger partial charge in [0.25, 0.3) is 0 Å². The summed E-state index contributed by atoms with van der Waals surface area (Å²) in [5.41, 5.74) is 8.53. The van der Waals surface area contributed by atoms with Crippen LogP contribution in [0.1, 0.15) is 34.6 Å². The van der Waals surface area contributed by atoms with E-state index in [-0.39, 0.29) is 5.92 Å². The molecular weight excluding hydrogens is 286 g/mol. The second kappa shape index (κ2) is 5.22. The van der Waals surface area contributed by atoms with Gasteiger partial charge in [0.1, 0.15) is 5.82 Å². The van der Waals surface area contributed by atoms with E-state index in [1.54, 1.807) is 12.1 Å². The molecule has 1 atom stereocenters. The van der Waals surface area contributed by atoms with E-state index in [1.165, 1.54) is 0 Å². The molecule has 0 saturated heterocycles. The van der Waals surface area contributed by atoms with Crippen LogP contribution in [0.25, 0.3) is 11.0 Å². The summed E-state index contributed by atoms with van der Waals surface area (Å²) in [5.74, 6) is 0.275. The maximum Gasteiger partial charge on any atom is 0.249 e. The highest BCUT2D eigenvalue weighted by Gasteiger charge is 2.18. The Hall–Kier alpha value is -2.33. The van der Waals surface area contributed by atoms with E-state index < -0.39 is 5.91 Å². The first-order chi connectivity index (χ1) is 10.1. The van der Waals surface area contributed by atoms with Crippen molar-refractivity contribution in [2.45, 2.75) is 12.8 Å². The number of aromatic nitrogens is 2. The molecule has 2 aromatic carbocycles. The fraction of sp³-hybridized carbons (Fsp3) is 0.125. The Morgan fingerprint density at radius 1 is 1.29 bits per heavy atom. The molecule has 1 unspecified atom stereocenters. The highest BCUT2D eigenvalue weighted by atomic mass is 35.5. The molecular formula is C16H14ClN3O. The molecule has 1 heterocycles. The van der Waals surface area contributed by atoms with Gasteiger partial charge in [0, 0.05) is 16.5 Å². The molecule has 0 fully saturated rings. The van der Waals surface area contributed by atoms with Crippen LogP contribution in [-0.4, -0.2) is 15.9 Å². The van der Waals surface area contributed by atoms with Crippen molar-refractivity contribution < 1.29 is 4.79 Å². The SMILES string of the molecule is CC(c1nc2cc(Cl)ccc2[nH]1)c1ccccc1C(N)=O. The highest BCUT2D eigenvalue weighted by Crippen LogP contribution is 2.27. The fourth-order valence-electron chi connectivity index (χ4n) is 2.45. The average molecular weight is 300 g/mol. The van der Waals surface area contributed by atoms with E-state index >= 15 is 0 Å². The van der Waals surface area contributed by atoms with Crippen molar-refractivity contribution in [3.05, 3.63) is 64.4 Å². The third-order valence-corrected chi connectivity index (χ3v) is 3.80. The van der Waals surface area contributed by atoms with Crippen LogP contribution in [0.4, 0.5) is 0 Å². The lowest BCUT2D eigenvalue weighted by Crippen LogP contribution is -2.15. The fourth-order valence-corrected chi connectivity index (χ4v) is 2.62. The van der Waals surface area contributed by atoms with Gasteiger partial charge in [-0.05, 0) is 29.8 Å². The van der Waals surface area contributed by atoms with Gasteiger partial charge in [-0.15, -0.1) is 0 Å². The Balaban J connectivity index is 2.08. The van der Waals surface area contributed by atoms with Crippen LogP contribution in [0, 0.1) is 0 Å². The molecule has 3 aromatic rings. The Morgan fingerprint density at radius 3 is 2.81 bits per heavy atom. The minimum atomic E-state index is -0.434. The summed E-state index contributed by atoms with van der Waals surface area (Å²) < 4.78 is 0. The van der Waals surface area contributed by atoms with Crippen molar-refractivity contribution in [3.63, 3.8) is 0 Å². The van der Waals surface area contributed by atoms with Gasteiger partial charge < -0.3 is 10.7 Å². The van der Waals surface area contributed by atoms with Crippen molar-refractivity contribution in [1.82, 2.24) is 9.97 Å². The number of rotatable bonds is 3. The third kappa shape index (κ3) is 2.50. The zero-order chi connectivity index (χ0) is 15.0. The first-order valence-electron chi connectivity index (χ1n) is 6.60. The number of imidazole rings is 1. The minimum absolute atomic E-state index is 0.0696. The van der Waals surface area contributed by atoms with Crippen molar-refractivity contribution in [2.24, 2.45) is 5.73 Å². The van der Waals surface area contributed by atoms with Crippen LogP contribution in [0.3, 0.4) is 0 Å². The van der Waals surface area contributed by atoms with Crippen LogP contribution >= 0.6 is 11.6 Å². The van der Waals surface area contributed by atoms with E-state index in [0.717, 1.165) is 22.4 Å². The molecule has 0 aliphatic heterocycles. The maximum absolute atomic E-state index is 11.5. The zero-order valence-corrected chi connectivity index (χ0v) is 12.2. The Bertz CT molecular complexity index is 825. The van der Waals surface area contributed by atoms with Gasteiger partial charge in [-0.25, -0.2) is 4.98 Å². The molecule has 5 heteroatoms. The molecule has 3 rings (SSSR count). The summed E-state index contributed by atoms with van der Waals surface area (Å²) in [6, 6.07) is 12.8. The Kier molecular flexibility index (Phi) is 3.39. The number of carbonyl (C=O) groups is 1. The number of fused-ring (bicyclic) bond motifs is 1. The molecule has 0 bridgehead atoms. The monoisotopic (exact) mass is 299 g/mol. The quantitative estimate of drug-likeness (QED) is 0.777. The van der Waals surface area contributed by atoms with Gasteiger partial charge in [0.05, 0.1) is 11.0 Å². The first kappa shape index (κ1) is 13.6. The van der Waals surface area contributed by atoms with Gasteiger partial charge in [-0.2, -0.15) is 0 Å². The summed E-state index contributed by atoms with van der Waals surface area (Å²) in [6.45, 7) is 1.99. The molecule has 106 valence electrons. The average Bonchev–Trinajstić information content (AvgIpc) is 2.89. The number of benzene rings is 2. The normalized spacial score (nSPS) is 12.5. The zero-order valence-electron chi connectivity index (χ0n) is 11.4. The smallest absolute Gasteiger partial charge is 0.249 e. The van der Waals surface area contributed by atoms with Crippen LogP contribution in [0.5, 0.6) is 0 Å². The number of carbonyl (C=O) groups excluding carboxylic acids is 1. The number of nitrogens with zero attached hydrogens (tertiary/aromatic N) is 1. The summed E-state index contributed by atoms with van der Waals surface area (Å²) in [4.78, 5) is 19.4. The summed E-state index contributed by atoms with van der Waals surface area (Å²) in [6.07, 6.45) is 0. The Labute approximate surface area is 126 Å². The number of primary amides is 1. The molecule has 21 heavy (non-hydrogen) atoms. The van der Waals surface area contributed by atoms with Crippen LogP contribution in [0.2, 0.25) is 5.02 Å². The maximum atomic E-state index is 11.5. The molecule has 0 spiro atoms. The largest absolute Gasteiger partial charge is 0.366 e. The number of H-pyrrole nitrogens is 1. The van der Waals surface area contributed by atoms with E-state index in [2.05, 4.69) is 9.97 Å². The number of hydrogen-bond acceptors (Lipinski definition) is 2. The van der Waals surface area contributed by atoms with E-state index in [0.29, 0.717) is 10.6 Å². The van der Waals surface area contributed by atoms with Crippen LogP contribution < -0.4 is 5.73 Å². The van der Waals surface area contributed by atoms with Crippen LogP contribution in [0.15, 0.2) is 42.5 Å². The molecule has 0 aliphatic carbocycles. The number of amides is 1. The van der Waals surface area contributed by atoms with Crippen molar-refractivity contribution in [2.75, 3.05) is 0 Å². The number of halogens is 1. The lowest BCUT2D eigenvalue weighted by Gasteiger charge is -2.12. The second-order valence-electron chi connectivity index (χ2n) is 4.96. The molecule has 4 nitrogen and oxygen atoms in total. The number of hydrogen-bond donors (Lipinski definition) is 2. The first-order valence-corrected chi connectivity index (χ1v) is 6.98. The summed E-state index contributed by atoms with van der Waals surface area (Å²) in [7, 11) is 0. The van der Waals surface area contributed by atoms with Crippen LogP contribution in [-0.2, 0) is 0 Å². The predicted molar refractivity (Wildman–Crippen MR) is 83.6 cm³/mol. The van der Waals surface area contributed by atoms with E-state index in [4.69, 9.17) is 17.3 Å². The summed E-state index contributed by atoms with van der Waals surface area (Å²) >= 11 is 5.98. The molecule has 1 aromatic heterocycles. The lowest BCUT2D eigenvalue weighted by molar-refractivity contribution is 0.0999. The molecule has 1 amide bonds. The van der Waals surface area contributed by atoms with Gasteiger partial charge >= 0.3 is 0 Å². The topological polar surface area (TPSA) is 71.8 Å². The van der Waals surface area contributed by atoms with E-state index in [9.17, 15) is 4.79 Å². The van der Waals surface area contributed by atoms with Gasteiger partial charge in [-0.3, -0.25) is 4.79 Å². The van der Waals surface area contributed by atoms with Gasteiger partial charge in [0.2, 0.25) is 5.91 Å². The standard InChI is InChI=1S/C16H14ClN3O/c1-9(11-4-2-3-5-12(11)15(18)21)16-19-13-7-6-10(17)8-14(13)20-16/h2-9H,1H3,(H2,18,21)(H,19,20). The molecule has 3 N–H and O–H groups in total. The molecule has 0 saturated carbocycles. The predicted octanol–water partition coefficient (Wildman–Crippen LogP) is 3.47. The molecule has 0 radical (unpaired) electrons. The van der Waals surface area contributed by atoms with Crippen molar-refractivity contribution in [1.29, 1.82) is 0 Å². The second-order valence-corrected chi connectivity index (χ2v) is 5.39. The number of aromatic amines is 1. The van der Waals surface area contributed by atoms with Crippen molar-refractivity contribution >= 4 is 28.5 Å². The minimum Gasteiger partial charge on any atom is -0.366 e. The summed E-state index contributed by atoms with van der Waals surface area (Å²) in [5, 5.41) is 0.644. The number of nitrogens with two attached hydrogens (primary N) is 1. The Morgan fingerprint density at radius 2 is 2.05 bits per heavy atom. The molecule has 0 aliphatic rings. The lowest BCUT2D eigenvalue weighted by atomic mass is 9.95. The third-order valence-electron chi connectivity index (χ3n) is 3.57. The van der Waals surface area contributed by atoms with Gasteiger partial charge in [0.15, 0.2) is 0 Å².